The van der Waals surface area contributed by atoms with E-state index in [4.69, 9.17) is 4.74 Å². The summed E-state index contributed by atoms with van der Waals surface area (Å²) in [5, 5.41) is 9.18. The zero-order chi connectivity index (χ0) is 12.3. The van der Waals surface area contributed by atoms with E-state index in [9.17, 15) is 13.9 Å². The third-order valence-corrected chi connectivity index (χ3v) is 2.95. The number of morpholine rings is 1. The van der Waals surface area contributed by atoms with E-state index in [0.717, 1.165) is 6.07 Å². The number of nitrogens with zero attached hydrogens (tertiary/aromatic N) is 1. The van der Waals surface area contributed by atoms with Crippen LogP contribution in [0.25, 0.3) is 0 Å². The fourth-order valence-electron chi connectivity index (χ4n) is 1.93. The summed E-state index contributed by atoms with van der Waals surface area (Å²) >= 11 is 0. The average Bonchev–Trinajstić information content (AvgIpc) is 2.33. The van der Waals surface area contributed by atoms with E-state index >= 15 is 0 Å². The summed E-state index contributed by atoms with van der Waals surface area (Å²) < 4.78 is 31.5. The molecule has 1 N–H and O–H groups in total. The summed E-state index contributed by atoms with van der Waals surface area (Å²) in [6, 6.07) is 3.44. The second-order valence-electron chi connectivity index (χ2n) is 4.12. The van der Waals surface area contributed by atoms with Crippen molar-refractivity contribution < 1.29 is 18.6 Å². The van der Waals surface area contributed by atoms with Crippen molar-refractivity contribution in [2.24, 2.45) is 0 Å². The lowest BCUT2D eigenvalue weighted by atomic mass is 10.1. The minimum Gasteiger partial charge on any atom is -0.395 e. The molecular formula is C12H15F2NO2. The Labute approximate surface area is 98.6 Å². The zero-order valence-electron chi connectivity index (χ0n) is 9.40. The van der Waals surface area contributed by atoms with Gasteiger partial charge in [0.05, 0.1) is 25.9 Å². The maximum absolute atomic E-state index is 13.5. The topological polar surface area (TPSA) is 32.7 Å². The Hall–Kier alpha value is -1.04. The van der Waals surface area contributed by atoms with Crippen LogP contribution >= 0.6 is 0 Å². The molecular weight excluding hydrogens is 228 g/mol. The molecule has 0 aliphatic carbocycles. The quantitative estimate of drug-likeness (QED) is 0.864. The van der Waals surface area contributed by atoms with Gasteiger partial charge in [-0.2, -0.15) is 0 Å². The van der Waals surface area contributed by atoms with Gasteiger partial charge in [0, 0.05) is 24.7 Å². The van der Waals surface area contributed by atoms with E-state index in [1.54, 1.807) is 0 Å². The van der Waals surface area contributed by atoms with Crippen molar-refractivity contribution in [1.82, 2.24) is 4.90 Å². The molecule has 1 fully saturated rings. The molecule has 1 atom stereocenters. The third-order valence-electron chi connectivity index (χ3n) is 2.95. The van der Waals surface area contributed by atoms with Gasteiger partial charge in [-0.05, 0) is 6.07 Å². The molecule has 1 heterocycles. The standard InChI is InChI=1S/C12H15F2NO2/c13-10-2-1-9(12(14)5-10)6-15-3-4-17-8-11(15)7-16/h1-2,5,11,16H,3-4,6-8H2. The van der Waals surface area contributed by atoms with Crippen LogP contribution in [0.15, 0.2) is 18.2 Å². The molecule has 0 aromatic heterocycles. The van der Waals surface area contributed by atoms with Crippen LogP contribution in [0.1, 0.15) is 5.56 Å². The van der Waals surface area contributed by atoms with Crippen molar-refractivity contribution >= 4 is 0 Å². The van der Waals surface area contributed by atoms with Crippen LogP contribution in [0.2, 0.25) is 0 Å². The Morgan fingerprint density at radius 2 is 2.24 bits per heavy atom. The molecule has 0 radical (unpaired) electrons. The fourth-order valence-corrected chi connectivity index (χ4v) is 1.93. The van der Waals surface area contributed by atoms with Gasteiger partial charge in [0.1, 0.15) is 11.6 Å². The van der Waals surface area contributed by atoms with Crippen LogP contribution < -0.4 is 0 Å². The SMILES string of the molecule is OCC1COCCN1Cc1ccc(F)cc1F. The fraction of sp³-hybridized carbons (Fsp3) is 0.500. The molecule has 17 heavy (non-hydrogen) atoms. The molecule has 1 aromatic carbocycles. The highest BCUT2D eigenvalue weighted by atomic mass is 19.1. The minimum absolute atomic E-state index is 0.0250. The largest absolute Gasteiger partial charge is 0.395 e. The summed E-state index contributed by atoms with van der Waals surface area (Å²) in [6.45, 7) is 1.99. The van der Waals surface area contributed by atoms with Crippen LogP contribution in [0.3, 0.4) is 0 Å². The second-order valence-corrected chi connectivity index (χ2v) is 4.12. The molecule has 1 saturated heterocycles. The molecule has 2 rings (SSSR count). The van der Waals surface area contributed by atoms with Crippen LogP contribution in [0.4, 0.5) is 8.78 Å². The Kier molecular flexibility index (Phi) is 4.04. The number of ether oxygens (including phenoxy) is 1. The normalized spacial score (nSPS) is 21.7. The number of aliphatic hydroxyl groups excluding tert-OH is 1. The van der Waals surface area contributed by atoms with Gasteiger partial charge >= 0.3 is 0 Å². The van der Waals surface area contributed by atoms with Crippen LogP contribution in [-0.2, 0) is 11.3 Å². The van der Waals surface area contributed by atoms with Crippen molar-refractivity contribution in [3.8, 4) is 0 Å². The molecule has 1 unspecified atom stereocenters. The Bertz CT molecular complexity index is 387. The average molecular weight is 243 g/mol. The zero-order valence-corrected chi connectivity index (χ0v) is 9.40. The lowest BCUT2D eigenvalue weighted by molar-refractivity contribution is -0.0316. The second kappa shape index (κ2) is 5.53. The predicted molar refractivity (Wildman–Crippen MR) is 58.5 cm³/mol. The van der Waals surface area contributed by atoms with Crippen molar-refractivity contribution in [3.05, 3.63) is 35.4 Å². The first-order valence-corrected chi connectivity index (χ1v) is 5.57. The summed E-state index contributed by atoms with van der Waals surface area (Å²) in [5.41, 5.74) is 0.437. The number of benzene rings is 1. The smallest absolute Gasteiger partial charge is 0.130 e. The Morgan fingerprint density at radius 3 is 2.94 bits per heavy atom. The molecule has 0 spiro atoms. The number of hydrogen-bond donors (Lipinski definition) is 1. The molecule has 0 bridgehead atoms. The summed E-state index contributed by atoms with van der Waals surface area (Å²) in [4.78, 5) is 1.94. The first-order chi connectivity index (χ1) is 8.20. The number of rotatable bonds is 3. The maximum Gasteiger partial charge on any atom is 0.130 e. The lowest BCUT2D eigenvalue weighted by Gasteiger charge is -2.34. The van der Waals surface area contributed by atoms with Gasteiger partial charge in [-0.3, -0.25) is 4.90 Å². The van der Waals surface area contributed by atoms with Gasteiger partial charge in [-0.1, -0.05) is 6.07 Å². The molecule has 1 aliphatic rings. The first kappa shape index (κ1) is 12.4. The molecule has 1 aromatic rings. The van der Waals surface area contributed by atoms with Crippen molar-refractivity contribution in [3.63, 3.8) is 0 Å². The monoisotopic (exact) mass is 243 g/mol. The van der Waals surface area contributed by atoms with Crippen LogP contribution in [-0.4, -0.2) is 42.4 Å². The highest BCUT2D eigenvalue weighted by Gasteiger charge is 2.23. The highest BCUT2D eigenvalue weighted by molar-refractivity contribution is 5.18. The van der Waals surface area contributed by atoms with Gasteiger partial charge < -0.3 is 9.84 Å². The molecule has 3 nitrogen and oxygen atoms in total. The summed E-state index contributed by atoms with van der Waals surface area (Å²) in [5.74, 6) is -1.12. The van der Waals surface area contributed by atoms with E-state index < -0.39 is 11.6 Å². The molecule has 0 amide bonds. The first-order valence-electron chi connectivity index (χ1n) is 5.57. The Balaban J connectivity index is 2.08. The molecule has 1 aliphatic heterocycles. The van der Waals surface area contributed by atoms with Gasteiger partial charge in [0.2, 0.25) is 0 Å². The van der Waals surface area contributed by atoms with E-state index in [0.29, 0.717) is 31.9 Å². The Morgan fingerprint density at radius 1 is 1.41 bits per heavy atom. The predicted octanol–water partition coefficient (Wildman–Crippen LogP) is 1.16. The molecule has 0 saturated carbocycles. The van der Waals surface area contributed by atoms with Crippen LogP contribution in [0, 0.1) is 11.6 Å². The summed E-state index contributed by atoms with van der Waals surface area (Å²) in [7, 11) is 0. The van der Waals surface area contributed by atoms with Gasteiger partial charge in [0.25, 0.3) is 0 Å². The summed E-state index contributed by atoms with van der Waals surface area (Å²) in [6.07, 6.45) is 0. The van der Waals surface area contributed by atoms with Crippen molar-refractivity contribution in [1.29, 1.82) is 0 Å². The van der Waals surface area contributed by atoms with Crippen molar-refractivity contribution in [2.45, 2.75) is 12.6 Å². The third kappa shape index (κ3) is 3.00. The molecule has 5 heteroatoms. The van der Waals surface area contributed by atoms with Gasteiger partial charge in [-0.25, -0.2) is 8.78 Å². The van der Waals surface area contributed by atoms with E-state index in [-0.39, 0.29) is 12.6 Å². The van der Waals surface area contributed by atoms with Gasteiger partial charge in [0.15, 0.2) is 0 Å². The number of hydrogen-bond acceptors (Lipinski definition) is 3. The van der Waals surface area contributed by atoms with E-state index in [1.165, 1.54) is 12.1 Å². The van der Waals surface area contributed by atoms with Gasteiger partial charge in [-0.15, -0.1) is 0 Å². The van der Waals surface area contributed by atoms with E-state index in [2.05, 4.69) is 0 Å². The highest BCUT2D eigenvalue weighted by Crippen LogP contribution is 2.15. The molecule has 94 valence electrons. The maximum atomic E-state index is 13.5. The lowest BCUT2D eigenvalue weighted by Crippen LogP contribution is -2.46. The minimum atomic E-state index is -0.577. The number of aliphatic hydroxyl groups is 1. The van der Waals surface area contributed by atoms with Crippen LogP contribution in [0.5, 0.6) is 0 Å². The van der Waals surface area contributed by atoms with Crippen molar-refractivity contribution in [2.75, 3.05) is 26.4 Å². The van der Waals surface area contributed by atoms with E-state index in [1.807, 2.05) is 4.90 Å². The number of halogens is 2.